The van der Waals surface area contributed by atoms with Gasteiger partial charge in [-0.2, -0.15) is 0 Å². The number of hydrazine groups is 1. The first-order valence-corrected chi connectivity index (χ1v) is 14.3. The fourth-order valence-electron chi connectivity index (χ4n) is 4.74. The molecule has 0 saturated heterocycles. The number of carbonyl (C=O) groups excluding carboxylic acids is 2. The Bertz CT molecular complexity index is 1070. The first-order valence-electron chi connectivity index (χ1n) is 14.3. The Morgan fingerprint density at radius 2 is 0.756 bits per heavy atom. The van der Waals surface area contributed by atoms with Crippen LogP contribution in [0.15, 0.2) is 24.3 Å². The van der Waals surface area contributed by atoms with Gasteiger partial charge in [-0.25, -0.2) is 0 Å². The van der Waals surface area contributed by atoms with Crippen LogP contribution in [0.3, 0.4) is 0 Å². The molecule has 0 unspecified atom stereocenters. The van der Waals surface area contributed by atoms with Gasteiger partial charge >= 0.3 is 0 Å². The average Bonchev–Trinajstić information content (AvgIpc) is 2.78. The number of carbonyl (C=O) groups is 2. The summed E-state index contributed by atoms with van der Waals surface area (Å²) in [4.78, 5) is 25.1. The van der Waals surface area contributed by atoms with Gasteiger partial charge in [0.15, 0.2) is 0 Å². The normalized spacial score (nSPS) is 12.5. The summed E-state index contributed by atoms with van der Waals surface area (Å²) in [7, 11) is 0. The second-order valence-corrected chi connectivity index (χ2v) is 15.2. The maximum absolute atomic E-state index is 12.6. The fraction of sp³-hybridized carbons (Fsp3) is 0.588. The predicted octanol–water partition coefficient (Wildman–Crippen LogP) is 7.00. The third-order valence-corrected chi connectivity index (χ3v) is 7.19. The van der Waals surface area contributed by atoms with Crippen LogP contribution < -0.4 is 10.9 Å². The largest absolute Gasteiger partial charge is 0.507 e. The zero-order chi connectivity index (χ0) is 30.8. The van der Waals surface area contributed by atoms with Crippen LogP contribution in [0.5, 0.6) is 11.5 Å². The van der Waals surface area contributed by atoms with Gasteiger partial charge in [0.1, 0.15) is 11.5 Å². The van der Waals surface area contributed by atoms with Crippen LogP contribution in [0, 0.1) is 0 Å². The van der Waals surface area contributed by atoms with Gasteiger partial charge < -0.3 is 10.2 Å². The van der Waals surface area contributed by atoms with E-state index in [1.54, 1.807) is 0 Å². The van der Waals surface area contributed by atoms with Crippen LogP contribution in [-0.4, -0.2) is 22.0 Å². The van der Waals surface area contributed by atoms with E-state index in [-0.39, 0.29) is 63.4 Å². The molecule has 6 nitrogen and oxygen atoms in total. The van der Waals surface area contributed by atoms with E-state index in [0.29, 0.717) is 24.3 Å². The Morgan fingerprint density at radius 1 is 0.537 bits per heavy atom. The van der Waals surface area contributed by atoms with Gasteiger partial charge in [0.25, 0.3) is 0 Å². The number of nitrogens with one attached hydrogen (secondary N) is 2. The van der Waals surface area contributed by atoms with E-state index < -0.39 is 0 Å². The van der Waals surface area contributed by atoms with Gasteiger partial charge in [-0.05, 0) is 67.9 Å². The van der Waals surface area contributed by atoms with Crippen LogP contribution in [0.25, 0.3) is 0 Å². The molecule has 2 aromatic carbocycles. The summed E-state index contributed by atoms with van der Waals surface area (Å²) in [5, 5.41) is 21.8. The van der Waals surface area contributed by atoms with E-state index >= 15 is 0 Å². The molecule has 7 heteroatoms. The number of phenolic OH excluding ortho intramolecular Hbond substituents is 2. The van der Waals surface area contributed by atoms with Crippen molar-refractivity contribution in [2.75, 3.05) is 0 Å². The van der Waals surface area contributed by atoms with Crippen molar-refractivity contribution in [1.82, 2.24) is 10.9 Å². The SMILES string of the molecule is CC(C)(C)c1cc(CCC(=O)NNC(=O)CCc2cc(C(C)(C)C)c(O)c(C(C)(C)C)c2)cc(C(C)(C)C)c1O.[Cu]. The molecular formula is C34H52CuN2O4. The molecule has 0 saturated carbocycles. The number of phenols is 2. The first-order chi connectivity index (χ1) is 18.0. The number of hydrogen-bond donors (Lipinski definition) is 4. The Labute approximate surface area is 258 Å². The summed E-state index contributed by atoms with van der Waals surface area (Å²) in [5.41, 5.74) is 9.53. The monoisotopic (exact) mass is 615 g/mol. The molecule has 0 bridgehead atoms. The quantitative estimate of drug-likeness (QED) is 0.208. The summed E-state index contributed by atoms with van der Waals surface area (Å²) >= 11 is 0. The molecule has 0 spiro atoms. The molecule has 0 aromatic heterocycles. The summed E-state index contributed by atoms with van der Waals surface area (Å²) < 4.78 is 0. The Balaban J connectivity index is 0.00000840. The van der Waals surface area contributed by atoms with E-state index in [0.717, 1.165) is 33.4 Å². The molecule has 2 aromatic rings. The van der Waals surface area contributed by atoms with Crippen molar-refractivity contribution >= 4 is 11.8 Å². The average molecular weight is 616 g/mol. The molecule has 0 fully saturated rings. The van der Waals surface area contributed by atoms with Crippen molar-refractivity contribution in [2.45, 2.75) is 130 Å². The number of amides is 2. The topological polar surface area (TPSA) is 98.7 Å². The van der Waals surface area contributed by atoms with Crippen molar-refractivity contribution in [3.8, 4) is 11.5 Å². The third-order valence-electron chi connectivity index (χ3n) is 7.19. The summed E-state index contributed by atoms with van der Waals surface area (Å²) in [6, 6.07) is 7.91. The Morgan fingerprint density at radius 3 is 0.951 bits per heavy atom. The molecule has 4 N–H and O–H groups in total. The van der Waals surface area contributed by atoms with Crippen molar-refractivity contribution in [1.29, 1.82) is 0 Å². The number of benzene rings is 2. The van der Waals surface area contributed by atoms with E-state index in [4.69, 9.17) is 0 Å². The molecule has 1 radical (unpaired) electrons. The van der Waals surface area contributed by atoms with Crippen molar-refractivity contribution in [3.05, 3.63) is 57.6 Å². The number of aryl methyl sites for hydroxylation is 2. The van der Waals surface area contributed by atoms with E-state index in [9.17, 15) is 19.8 Å². The van der Waals surface area contributed by atoms with Crippen molar-refractivity contribution in [3.63, 3.8) is 0 Å². The van der Waals surface area contributed by atoms with E-state index in [1.165, 1.54) is 0 Å². The molecule has 2 amide bonds. The standard InChI is InChI=1S/C34H52N2O4.Cu/c1-31(2,3)23-17-21(18-24(29(23)39)32(4,5)6)13-15-27(37)35-36-28(38)16-14-22-19-25(33(7,8)9)30(40)26(20-22)34(10,11)12;/h17-20,39-40H,13-16H2,1-12H3,(H,35,37)(H,36,38);. The molecule has 41 heavy (non-hydrogen) atoms. The van der Waals surface area contributed by atoms with Gasteiger partial charge in [-0.1, -0.05) is 107 Å². The smallest absolute Gasteiger partial charge is 0.238 e. The number of hydrogen-bond acceptors (Lipinski definition) is 4. The fourth-order valence-corrected chi connectivity index (χ4v) is 4.74. The van der Waals surface area contributed by atoms with Crippen LogP contribution in [0.2, 0.25) is 0 Å². The van der Waals surface area contributed by atoms with E-state index in [1.807, 2.05) is 24.3 Å². The minimum absolute atomic E-state index is 0. The molecule has 0 aliphatic heterocycles. The molecule has 0 atom stereocenters. The minimum atomic E-state index is -0.272. The van der Waals surface area contributed by atoms with Crippen LogP contribution >= 0.6 is 0 Å². The second-order valence-electron chi connectivity index (χ2n) is 15.2. The zero-order valence-electron chi connectivity index (χ0n) is 27.2. The number of rotatable bonds is 6. The van der Waals surface area contributed by atoms with E-state index in [2.05, 4.69) is 93.9 Å². The maximum atomic E-state index is 12.6. The van der Waals surface area contributed by atoms with Gasteiger partial charge in [-0.15, -0.1) is 0 Å². The maximum Gasteiger partial charge on any atom is 0.238 e. The molecule has 2 rings (SSSR count). The van der Waals surface area contributed by atoms with Gasteiger partial charge in [0.05, 0.1) is 0 Å². The van der Waals surface area contributed by atoms with Gasteiger partial charge in [0, 0.05) is 29.9 Å². The Kier molecular flexibility index (Phi) is 11.8. The summed E-state index contributed by atoms with van der Waals surface area (Å²) in [5.74, 6) is 0.0908. The van der Waals surface area contributed by atoms with Crippen molar-refractivity contribution < 1.29 is 36.9 Å². The zero-order valence-corrected chi connectivity index (χ0v) is 28.1. The number of aromatic hydroxyl groups is 2. The predicted molar refractivity (Wildman–Crippen MR) is 164 cm³/mol. The molecule has 0 heterocycles. The van der Waals surface area contributed by atoms with Crippen molar-refractivity contribution in [2.24, 2.45) is 0 Å². The van der Waals surface area contributed by atoms with Gasteiger partial charge in [0.2, 0.25) is 11.8 Å². The second kappa shape index (κ2) is 13.2. The summed E-state index contributed by atoms with van der Waals surface area (Å²) in [6.07, 6.45) is 1.40. The summed E-state index contributed by atoms with van der Waals surface area (Å²) in [6.45, 7) is 24.7. The third kappa shape index (κ3) is 10.1. The molecule has 0 aliphatic carbocycles. The van der Waals surface area contributed by atoms with Crippen LogP contribution in [0.4, 0.5) is 0 Å². The molecule has 0 aliphatic rings. The Hall–Kier alpha value is -2.50. The van der Waals surface area contributed by atoms with Crippen LogP contribution in [0.1, 0.15) is 129 Å². The van der Waals surface area contributed by atoms with Gasteiger partial charge in [-0.3, -0.25) is 20.4 Å². The molecular weight excluding hydrogens is 564 g/mol. The minimum Gasteiger partial charge on any atom is -0.507 e. The van der Waals surface area contributed by atoms with Crippen LogP contribution in [-0.2, 0) is 61.2 Å². The molecule has 233 valence electrons. The first kappa shape index (κ1) is 36.5.